The van der Waals surface area contributed by atoms with Crippen LogP contribution in [0.3, 0.4) is 0 Å². The van der Waals surface area contributed by atoms with E-state index in [1.54, 1.807) is 12.1 Å². The highest BCUT2D eigenvalue weighted by atomic mass is 35.5. The van der Waals surface area contributed by atoms with Gasteiger partial charge in [-0.15, -0.1) is 0 Å². The van der Waals surface area contributed by atoms with Gasteiger partial charge in [0.25, 0.3) is 0 Å². The third kappa shape index (κ3) is 9.53. The van der Waals surface area contributed by atoms with Crippen LogP contribution in [0.4, 0.5) is 0 Å². The van der Waals surface area contributed by atoms with Crippen LogP contribution in [0.1, 0.15) is 38.2 Å². The molecule has 0 spiro atoms. The maximum Gasteiger partial charge on any atom is 0.347 e. The van der Waals surface area contributed by atoms with E-state index in [0.717, 1.165) is 31.4 Å². The zero-order chi connectivity index (χ0) is 17.8. The molecule has 6 heteroatoms. The van der Waals surface area contributed by atoms with Gasteiger partial charge in [0.2, 0.25) is 6.61 Å². The van der Waals surface area contributed by atoms with Crippen LogP contribution in [0.2, 0.25) is 5.02 Å². The summed E-state index contributed by atoms with van der Waals surface area (Å²) >= 11 is 5.83. The molecule has 0 aliphatic carbocycles. The van der Waals surface area contributed by atoms with E-state index >= 15 is 0 Å². The molecule has 0 fully saturated rings. The molecular weight excluding hydrogens is 328 g/mol. The first kappa shape index (κ1) is 20.5. The first-order valence-electron chi connectivity index (χ1n) is 8.22. The molecule has 0 aliphatic rings. The summed E-state index contributed by atoms with van der Waals surface area (Å²) < 4.78 is 5.11. The highest BCUT2D eigenvalue weighted by molar-refractivity contribution is 6.30. The lowest BCUT2D eigenvalue weighted by Gasteiger charge is -2.08. The van der Waals surface area contributed by atoms with E-state index in [0.29, 0.717) is 17.3 Å². The highest BCUT2D eigenvalue weighted by Crippen LogP contribution is 2.10. The third-order valence-corrected chi connectivity index (χ3v) is 3.66. The lowest BCUT2D eigenvalue weighted by molar-refractivity contribution is -0.149. The molecule has 1 aromatic rings. The molecule has 0 atom stereocenters. The van der Waals surface area contributed by atoms with Gasteiger partial charge in [-0.3, -0.25) is 0 Å². The number of hydrogen-bond acceptors (Lipinski definition) is 5. The van der Waals surface area contributed by atoms with Gasteiger partial charge in [0.05, 0.1) is 12.3 Å². The van der Waals surface area contributed by atoms with Crippen molar-refractivity contribution in [1.82, 2.24) is 4.90 Å². The van der Waals surface area contributed by atoms with Crippen LogP contribution in [0.25, 0.3) is 0 Å². The number of rotatable bonds is 11. The van der Waals surface area contributed by atoms with Crippen molar-refractivity contribution in [1.29, 1.82) is 0 Å². The summed E-state index contributed by atoms with van der Waals surface area (Å²) in [4.78, 5) is 18.8. The molecule has 0 saturated carbocycles. The summed E-state index contributed by atoms with van der Waals surface area (Å²) in [5, 5.41) is 4.58. The number of oxime groups is 1. The minimum atomic E-state index is -0.393. The van der Waals surface area contributed by atoms with Crippen molar-refractivity contribution in [2.45, 2.75) is 32.6 Å². The summed E-state index contributed by atoms with van der Waals surface area (Å²) in [7, 11) is 4.14. The molecule has 5 nitrogen and oxygen atoms in total. The standard InChI is InChI=1S/C18H27ClN2O3/c1-15(16-8-10-17(19)11-9-16)20-24-14-18(22)23-13-7-5-4-6-12-21(2)3/h8-11H,4-7,12-14H2,1-3H3/b20-15+. The molecule has 24 heavy (non-hydrogen) atoms. The van der Waals surface area contributed by atoms with Crippen LogP contribution in [0, 0.1) is 0 Å². The number of carbonyl (C=O) groups excluding carboxylic acids is 1. The van der Waals surface area contributed by atoms with Gasteiger partial charge in [-0.05, 0) is 58.1 Å². The second kappa shape index (κ2) is 11.9. The molecule has 1 rings (SSSR count). The molecule has 0 heterocycles. The van der Waals surface area contributed by atoms with E-state index in [4.69, 9.17) is 21.2 Å². The molecule has 0 N–H and O–H groups in total. The topological polar surface area (TPSA) is 51.1 Å². The number of halogens is 1. The summed E-state index contributed by atoms with van der Waals surface area (Å²) in [5.41, 5.74) is 1.57. The van der Waals surface area contributed by atoms with E-state index < -0.39 is 5.97 Å². The summed E-state index contributed by atoms with van der Waals surface area (Å²) in [6, 6.07) is 7.25. The average molecular weight is 355 g/mol. The van der Waals surface area contributed by atoms with Crippen molar-refractivity contribution in [2.24, 2.45) is 5.16 Å². The monoisotopic (exact) mass is 354 g/mol. The van der Waals surface area contributed by atoms with Gasteiger partial charge >= 0.3 is 5.97 Å². The second-order valence-corrected chi connectivity index (χ2v) is 6.33. The third-order valence-electron chi connectivity index (χ3n) is 3.41. The molecular formula is C18H27ClN2O3. The van der Waals surface area contributed by atoms with Crippen LogP contribution < -0.4 is 0 Å². The Bertz CT molecular complexity index is 516. The fourth-order valence-corrected chi connectivity index (χ4v) is 2.16. The quantitative estimate of drug-likeness (QED) is 0.263. The van der Waals surface area contributed by atoms with Crippen LogP contribution in [0.5, 0.6) is 0 Å². The molecule has 0 bridgehead atoms. The van der Waals surface area contributed by atoms with Crippen LogP contribution >= 0.6 is 11.6 Å². The highest BCUT2D eigenvalue weighted by Gasteiger charge is 2.04. The van der Waals surface area contributed by atoms with Gasteiger partial charge in [-0.25, -0.2) is 4.79 Å². The Balaban J connectivity index is 2.11. The van der Waals surface area contributed by atoms with E-state index in [2.05, 4.69) is 24.2 Å². The Morgan fingerprint density at radius 3 is 2.46 bits per heavy atom. The zero-order valence-electron chi connectivity index (χ0n) is 14.8. The summed E-state index contributed by atoms with van der Waals surface area (Å²) in [6.07, 6.45) is 4.27. The molecule has 134 valence electrons. The smallest absolute Gasteiger partial charge is 0.347 e. The van der Waals surface area contributed by atoms with Gasteiger partial charge in [0, 0.05) is 5.02 Å². The van der Waals surface area contributed by atoms with Crippen LogP contribution in [-0.2, 0) is 14.4 Å². The predicted molar refractivity (Wildman–Crippen MR) is 97.6 cm³/mol. The average Bonchev–Trinajstić information content (AvgIpc) is 2.54. The first-order chi connectivity index (χ1) is 11.5. The lowest BCUT2D eigenvalue weighted by atomic mass is 10.1. The van der Waals surface area contributed by atoms with Gasteiger partial charge < -0.3 is 14.5 Å². The molecule has 0 saturated heterocycles. The largest absolute Gasteiger partial charge is 0.463 e. The molecule has 0 aliphatic heterocycles. The fourth-order valence-electron chi connectivity index (χ4n) is 2.04. The normalized spacial score (nSPS) is 11.6. The van der Waals surface area contributed by atoms with Gasteiger partial charge in [0.1, 0.15) is 0 Å². The van der Waals surface area contributed by atoms with Crippen molar-refractivity contribution < 1.29 is 14.4 Å². The van der Waals surface area contributed by atoms with Crippen molar-refractivity contribution in [3.63, 3.8) is 0 Å². The number of benzene rings is 1. The van der Waals surface area contributed by atoms with Crippen LogP contribution in [0.15, 0.2) is 29.4 Å². The van der Waals surface area contributed by atoms with E-state index in [1.807, 2.05) is 19.1 Å². The maximum atomic E-state index is 11.5. The number of unbranched alkanes of at least 4 members (excludes halogenated alkanes) is 3. The van der Waals surface area contributed by atoms with E-state index in [1.165, 1.54) is 6.42 Å². The molecule has 1 aromatic carbocycles. The predicted octanol–water partition coefficient (Wildman–Crippen LogP) is 3.75. The van der Waals surface area contributed by atoms with E-state index in [-0.39, 0.29) is 6.61 Å². The number of carbonyl (C=O) groups is 1. The molecule has 0 amide bonds. The minimum Gasteiger partial charge on any atom is -0.463 e. The number of ether oxygens (including phenoxy) is 1. The summed E-state index contributed by atoms with van der Waals surface area (Å²) in [5.74, 6) is -0.393. The molecule has 0 unspecified atom stereocenters. The minimum absolute atomic E-state index is 0.175. The van der Waals surface area contributed by atoms with Gasteiger partial charge in [-0.1, -0.05) is 41.7 Å². The Kier molecular flexibility index (Phi) is 10.1. The van der Waals surface area contributed by atoms with Crippen LogP contribution in [-0.4, -0.2) is 50.4 Å². The Hall–Kier alpha value is -1.59. The van der Waals surface area contributed by atoms with Crippen molar-refractivity contribution in [3.8, 4) is 0 Å². The van der Waals surface area contributed by atoms with Crippen molar-refractivity contribution in [3.05, 3.63) is 34.9 Å². The van der Waals surface area contributed by atoms with Crippen molar-refractivity contribution in [2.75, 3.05) is 33.9 Å². The summed E-state index contributed by atoms with van der Waals surface area (Å²) in [6.45, 7) is 3.16. The maximum absolute atomic E-state index is 11.5. The second-order valence-electron chi connectivity index (χ2n) is 5.89. The lowest BCUT2D eigenvalue weighted by Crippen LogP contribution is -2.13. The first-order valence-corrected chi connectivity index (χ1v) is 8.59. The van der Waals surface area contributed by atoms with Gasteiger partial charge in [0.15, 0.2) is 0 Å². The number of esters is 1. The fraction of sp³-hybridized carbons (Fsp3) is 0.556. The Labute approximate surface area is 149 Å². The zero-order valence-corrected chi connectivity index (χ0v) is 15.5. The molecule has 0 radical (unpaired) electrons. The van der Waals surface area contributed by atoms with Crippen molar-refractivity contribution >= 4 is 23.3 Å². The van der Waals surface area contributed by atoms with E-state index in [9.17, 15) is 4.79 Å². The number of hydrogen-bond donors (Lipinski definition) is 0. The van der Waals surface area contributed by atoms with Gasteiger partial charge in [-0.2, -0.15) is 0 Å². The Morgan fingerprint density at radius 2 is 1.79 bits per heavy atom. The SMILES string of the molecule is C/C(=N\OCC(=O)OCCCCCCN(C)C)c1ccc(Cl)cc1. The molecule has 0 aromatic heterocycles. The number of nitrogens with zero attached hydrogens (tertiary/aromatic N) is 2. The Morgan fingerprint density at radius 1 is 1.12 bits per heavy atom.